The van der Waals surface area contributed by atoms with Crippen molar-refractivity contribution in [1.29, 1.82) is 0 Å². The van der Waals surface area contributed by atoms with E-state index in [0.717, 1.165) is 61.0 Å². The van der Waals surface area contributed by atoms with Crippen LogP contribution in [-0.2, 0) is 17.6 Å². The number of benzene rings is 1. The van der Waals surface area contributed by atoms with Crippen molar-refractivity contribution in [1.82, 2.24) is 14.9 Å². The standard InChI is InChI=1S/C24H27N3O4S/c1-30-18-13-15(9-10-17(18)31-14-20(28)27-11-5-2-6-12-27)22-25-23(29)21-16-7-3-4-8-19(16)32-24(21)26-22/h9-10,13H,2-8,11-12,14H2,1H3,(H,25,26,29). The van der Waals surface area contributed by atoms with Crippen LogP contribution in [0.2, 0.25) is 0 Å². The quantitative estimate of drug-likeness (QED) is 0.633. The monoisotopic (exact) mass is 453 g/mol. The molecule has 0 unspecified atom stereocenters. The minimum atomic E-state index is -0.0872. The molecule has 1 saturated heterocycles. The van der Waals surface area contributed by atoms with Crippen LogP contribution in [0.1, 0.15) is 42.5 Å². The van der Waals surface area contributed by atoms with Crippen LogP contribution in [0.3, 0.4) is 0 Å². The lowest BCUT2D eigenvalue weighted by molar-refractivity contribution is -0.134. The summed E-state index contributed by atoms with van der Waals surface area (Å²) in [5.41, 5.74) is 1.83. The average molecular weight is 454 g/mol. The minimum absolute atomic E-state index is 0.00561. The number of aromatic nitrogens is 2. The van der Waals surface area contributed by atoms with E-state index in [9.17, 15) is 9.59 Å². The first-order valence-electron chi connectivity index (χ1n) is 11.3. The van der Waals surface area contributed by atoms with Crippen molar-refractivity contribution in [2.45, 2.75) is 44.9 Å². The number of ether oxygens (including phenoxy) is 2. The number of methoxy groups -OCH3 is 1. The Balaban J connectivity index is 1.39. The molecule has 1 aliphatic carbocycles. The van der Waals surface area contributed by atoms with Gasteiger partial charge in [0.05, 0.1) is 12.5 Å². The second-order valence-electron chi connectivity index (χ2n) is 8.40. The Kier molecular flexibility index (Phi) is 5.87. The molecule has 168 valence electrons. The molecule has 1 aromatic carbocycles. The Morgan fingerprint density at radius 2 is 1.94 bits per heavy atom. The Hall–Kier alpha value is -2.87. The zero-order chi connectivity index (χ0) is 22.1. The maximum absolute atomic E-state index is 12.9. The predicted octanol–water partition coefficient (Wildman–Crippen LogP) is 3.93. The second-order valence-corrected chi connectivity index (χ2v) is 9.48. The third-order valence-electron chi connectivity index (χ3n) is 6.32. The molecule has 3 aromatic rings. The number of carbonyl (C=O) groups is 1. The molecule has 1 aliphatic heterocycles. The fourth-order valence-corrected chi connectivity index (χ4v) is 5.87. The number of nitrogens with zero attached hydrogens (tertiary/aromatic N) is 2. The molecule has 5 rings (SSSR count). The van der Waals surface area contributed by atoms with Crippen LogP contribution in [0.5, 0.6) is 11.5 Å². The number of rotatable bonds is 5. The van der Waals surface area contributed by atoms with Gasteiger partial charge in [-0.05, 0) is 68.7 Å². The molecule has 0 saturated carbocycles. The van der Waals surface area contributed by atoms with Crippen LogP contribution in [0.25, 0.3) is 21.6 Å². The fraction of sp³-hybridized carbons (Fsp3) is 0.458. The van der Waals surface area contributed by atoms with Crippen LogP contribution in [0.15, 0.2) is 23.0 Å². The molecule has 0 bridgehead atoms. The lowest BCUT2D eigenvalue weighted by atomic mass is 9.97. The van der Waals surface area contributed by atoms with Crippen molar-refractivity contribution >= 4 is 27.5 Å². The van der Waals surface area contributed by atoms with E-state index in [-0.39, 0.29) is 18.1 Å². The van der Waals surface area contributed by atoms with Gasteiger partial charge in [-0.25, -0.2) is 4.98 Å². The summed E-state index contributed by atoms with van der Waals surface area (Å²) in [6, 6.07) is 5.39. The highest BCUT2D eigenvalue weighted by molar-refractivity contribution is 7.18. The van der Waals surface area contributed by atoms with Gasteiger partial charge in [-0.1, -0.05) is 0 Å². The first-order chi connectivity index (χ1) is 15.6. The van der Waals surface area contributed by atoms with Crippen LogP contribution >= 0.6 is 11.3 Å². The van der Waals surface area contributed by atoms with Crippen LogP contribution in [-0.4, -0.2) is 47.6 Å². The number of H-pyrrole nitrogens is 1. The Morgan fingerprint density at radius 1 is 1.12 bits per heavy atom. The molecule has 3 heterocycles. The van der Waals surface area contributed by atoms with Gasteiger partial charge in [-0.3, -0.25) is 9.59 Å². The average Bonchev–Trinajstić information content (AvgIpc) is 3.22. The Morgan fingerprint density at radius 3 is 2.75 bits per heavy atom. The number of nitrogens with one attached hydrogen (secondary N) is 1. The summed E-state index contributed by atoms with van der Waals surface area (Å²) in [5, 5.41) is 0.747. The summed E-state index contributed by atoms with van der Waals surface area (Å²) >= 11 is 1.63. The summed E-state index contributed by atoms with van der Waals surface area (Å²) in [7, 11) is 1.56. The van der Waals surface area contributed by atoms with Gasteiger partial charge < -0.3 is 19.4 Å². The van der Waals surface area contributed by atoms with E-state index >= 15 is 0 Å². The SMILES string of the molecule is COc1cc(-c2nc3sc4c(c3c(=O)[nH]2)CCCC4)ccc1OCC(=O)N1CCCCC1. The zero-order valence-corrected chi connectivity index (χ0v) is 19.1. The smallest absolute Gasteiger partial charge is 0.260 e. The van der Waals surface area contributed by atoms with Crippen molar-refractivity contribution < 1.29 is 14.3 Å². The maximum atomic E-state index is 12.9. The molecular weight excluding hydrogens is 426 g/mol. The van der Waals surface area contributed by atoms with Gasteiger partial charge in [0.25, 0.3) is 11.5 Å². The Labute approximate surface area is 190 Å². The van der Waals surface area contributed by atoms with Gasteiger partial charge >= 0.3 is 0 Å². The number of fused-ring (bicyclic) bond motifs is 3. The van der Waals surface area contributed by atoms with Gasteiger partial charge in [0.15, 0.2) is 18.1 Å². The molecule has 7 nitrogen and oxygen atoms in total. The van der Waals surface area contributed by atoms with E-state index in [1.807, 2.05) is 11.0 Å². The normalized spacial score (nSPS) is 16.1. The highest BCUT2D eigenvalue weighted by atomic mass is 32.1. The number of aryl methyl sites for hydroxylation is 2. The summed E-state index contributed by atoms with van der Waals surface area (Å²) < 4.78 is 11.3. The van der Waals surface area contributed by atoms with Crippen LogP contribution in [0.4, 0.5) is 0 Å². The number of hydrogen-bond acceptors (Lipinski definition) is 6. The van der Waals surface area contributed by atoms with E-state index in [2.05, 4.69) is 4.98 Å². The topological polar surface area (TPSA) is 84.5 Å². The lowest BCUT2D eigenvalue weighted by Crippen LogP contribution is -2.38. The van der Waals surface area contributed by atoms with E-state index in [1.54, 1.807) is 30.6 Å². The zero-order valence-electron chi connectivity index (χ0n) is 18.2. The van der Waals surface area contributed by atoms with Crippen LogP contribution < -0.4 is 15.0 Å². The molecule has 32 heavy (non-hydrogen) atoms. The van der Waals surface area contributed by atoms with Gasteiger partial charge in [0.2, 0.25) is 0 Å². The van der Waals surface area contributed by atoms with E-state index < -0.39 is 0 Å². The molecule has 2 aromatic heterocycles. The molecule has 0 radical (unpaired) electrons. The third kappa shape index (κ3) is 3.99. The number of amides is 1. The predicted molar refractivity (Wildman–Crippen MR) is 125 cm³/mol. The summed E-state index contributed by atoms with van der Waals surface area (Å²) in [4.78, 5) is 36.9. The number of aromatic amines is 1. The van der Waals surface area contributed by atoms with E-state index in [0.29, 0.717) is 17.3 Å². The molecule has 1 N–H and O–H groups in total. The summed E-state index contributed by atoms with van der Waals surface area (Å²) in [6.07, 6.45) is 7.55. The number of piperidine rings is 1. The van der Waals surface area contributed by atoms with Crippen LogP contribution in [0, 0.1) is 0 Å². The summed E-state index contributed by atoms with van der Waals surface area (Å²) in [6.45, 7) is 1.58. The van der Waals surface area contributed by atoms with Crippen molar-refractivity contribution in [3.63, 3.8) is 0 Å². The van der Waals surface area contributed by atoms with Crippen molar-refractivity contribution in [2.75, 3.05) is 26.8 Å². The first kappa shape index (κ1) is 21.0. The van der Waals surface area contributed by atoms with Gasteiger partial charge in [-0.15, -0.1) is 11.3 Å². The molecule has 0 atom stereocenters. The molecule has 2 aliphatic rings. The number of hydrogen-bond donors (Lipinski definition) is 1. The fourth-order valence-electron chi connectivity index (χ4n) is 4.61. The second kappa shape index (κ2) is 8.94. The minimum Gasteiger partial charge on any atom is -0.493 e. The number of thiophene rings is 1. The number of likely N-dealkylation sites (tertiary alicyclic amines) is 1. The largest absolute Gasteiger partial charge is 0.493 e. The first-order valence-corrected chi connectivity index (χ1v) is 12.1. The molecule has 1 amide bonds. The highest BCUT2D eigenvalue weighted by Crippen LogP contribution is 2.35. The maximum Gasteiger partial charge on any atom is 0.260 e. The Bertz CT molecular complexity index is 1210. The molecular formula is C24H27N3O4S. The third-order valence-corrected chi connectivity index (χ3v) is 7.51. The molecule has 0 spiro atoms. The molecule has 8 heteroatoms. The van der Waals surface area contributed by atoms with Gasteiger partial charge in [0.1, 0.15) is 10.7 Å². The van der Waals surface area contributed by atoms with E-state index in [1.165, 1.54) is 23.3 Å². The highest BCUT2D eigenvalue weighted by Gasteiger charge is 2.21. The van der Waals surface area contributed by atoms with Crippen molar-refractivity contribution in [3.05, 3.63) is 39.0 Å². The van der Waals surface area contributed by atoms with E-state index in [4.69, 9.17) is 14.5 Å². The number of carbonyl (C=O) groups excluding carboxylic acids is 1. The summed E-state index contributed by atoms with van der Waals surface area (Å²) in [5.74, 6) is 1.50. The van der Waals surface area contributed by atoms with Gasteiger partial charge in [0, 0.05) is 23.5 Å². The lowest BCUT2D eigenvalue weighted by Gasteiger charge is -2.26. The van der Waals surface area contributed by atoms with Crippen molar-refractivity contribution in [2.24, 2.45) is 0 Å². The molecule has 1 fully saturated rings. The van der Waals surface area contributed by atoms with Gasteiger partial charge in [-0.2, -0.15) is 0 Å². The van der Waals surface area contributed by atoms with Crippen molar-refractivity contribution in [3.8, 4) is 22.9 Å².